The van der Waals surface area contributed by atoms with E-state index in [9.17, 15) is 0 Å². The van der Waals surface area contributed by atoms with Crippen LogP contribution < -0.4 is 5.73 Å². The summed E-state index contributed by atoms with van der Waals surface area (Å²) in [6.07, 6.45) is 7.41. The molecule has 0 spiro atoms. The van der Waals surface area contributed by atoms with E-state index >= 15 is 0 Å². The van der Waals surface area contributed by atoms with Gasteiger partial charge in [-0.1, -0.05) is 75.9 Å². The Bertz CT molecular complexity index is 391. The first kappa shape index (κ1) is 16.8. The number of hydrogen-bond acceptors (Lipinski definition) is 1. The number of unbranched alkanes of at least 4 members (excludes halogenated alkanes) is 2. The van der Waals surface area contributed by atoms with Crippen LogP contribution >= 0.6 is 0 Å². The average Bonchev–Trinajstić information content (AvgIpc) is 2.43. The Morgan fingerprint density at radius 1 is 1.15 bits per heavy atom. The third kappa shape index (κ3) is 5.40. The third-order valence-corrected chi connectivity index (χ3v) is 4.32. The topological polar surface area (TPSA) is 26.0 Å². The third-order valence-electron chi connectivity index (χ3n) is 4.32. The minimum absolute atomic E-state index is 0.416. The second-order valence-corrected chi connectivity index (χ2v) is 6.04. The van der Waals surface area contributed by atoms with Gasteiger partial charge < -0.3 is 5.73 Å². The molecule has 1 nitrogen and oxygen atoms in total. The predicted molar refractivity (Wildman–Crippen MR) is 89.6 cm³/mol. The van der Waals surface area contributed by atoms with E-state index in [1.807, 2.05) is 0 Å². The molecule has 0 bridgehead atoms. The molecule has 1 aromatic carbocycles. The lowest BCUT2D eigenvalue weighted by Crippen LogP contribution is -2.23. The molecule has 112 valence electrons. The predicted octanol–water partition coefficient (Wildman–Crippen LogP) is 5.23. The molecule has 2 unspecified atom stereocenters. The normalized spacial score (nSPS) is 13.9. The summed E-state index contributed by atoms with van der Waals surface area (Å²) in [4.78, 5) is 0. The summed E-state index contributed by atoms with van der Waals surface area (Å²) in [7, 11) is 0. The van der Waals surface area contributed by atoms with E-state index in [1.54, 1.807) is 0 Å². The molecule has 0 aliphatic carbocycles. The fourth-order valence-corrected chi connectivity index (χ4v) is 2.92. The summed E-state index contributed by atoms with van der Waals surface area (Å²) >= 11 is 0. The fourth-order valence-electron chi connectivity index (χ4n) is 2.92. The van der Waals surface area contributed by atoms with Crippen molar-refractivity contribution >= 4 is 0 Å². The molecule has 1 heteroatoms. The van der Waals surface area contributed by atoms with E-state index in [4.69, 9.17) is 5.73 Å². The van der Waals surface area contributed by atoms with Gasteiger partial charge in [-0.15, -0.1) is 0 Å². The van der Waals surface area contributed by atoms with Crippen LogP contribution in [0.2, 0.25) is 0 Å². The maximum absolute atomic E-state index is 6.10. The van der Waals surface area contributed by atoms with Crippen molar-refractivity contribution in [2.24, 2.45) is 17.6 Å². The van der Waals surface area contributed by atoms with E-state index in [0.29, 0.717) is 11.8 Å². The van der Waals surface area contributed by atoms with Crippen LogP contribution in [0.4, 0.5) is 0 Å². The number of rotatable bonds is 9. The molecule has 1 rings (SSSR count). The first-order valence-electron chi connectivity index (χ1n) is 8.08. The van der Waals surface area contributed by atoms with Gasteiger partial charge in [-0.3, -0.25) is 0 Å². The van der Waals surface area contributed by atoms with Crippen molar-refractivity contribution < 1.29 is 0 Å². The van der Waals surface area contributed by atoms with Crippen LogP contribution in [0.5, 0.6) is 0 Å². The van der Waals surface area contributed by atoms with Crippen molar-refractivity contribution in [2.45, 2.75) is 59.3 Å². The highest BCUT2D eigenvalue weighted by Crippen LogP contribution is 2.29. The molecular formula is C19H31N. The Morgan fingerprint density at radius 2 is 1.80 bits per heavy atom. The zero-order chi connectivity index (χ0) is 15.0. The summed E-state index contributed by atoms with van der Waals surface area (Å²) in [6, 6.07) is 8.82. The highest BCUT2D eigenvalue weighted by atomic mass is 14.6. The van der Waals surface area contributed by atoms with Crippen molar-refractivity contribution in [2.75, 3.05) is 0 Å². The van der Waals surface area contributed by atoms with Crippen molar-refractivity contribution in [3.63, 3.8) is 0 Å². The molecule has 1 aromatic rings. The van der Waals surface area contributed by atoms with Crippen LogP contribution in [0.3, 0.4) is 0 Å². The second-order valence-electron chi connectivity index (χ2n) is 6.04. The number of allylic oxidation sites excluding steroid dienone is 1. The number of nitrogens with two attached hydrogens (primary N) is 1. The second kappa shape index (κ2) is 8.84. The van der Waals surface area contributed by atoms with E-state index in [1.165, 1.54) is 43.2 Å². The van der Waals surface area contributed by atoms with Gasteiger partial charge in [-0.2, -0.15) is 0 Å². The summed E-state index contributed by atoms with van der Waals surface area (Å²) in [5, 5.41) is 0. The fraction of sp³-hybridized carbons (Fsp3) is 0.579. The number of aryl methyl sites for hydroxylation is 1. The maximum atomic E-state index is 6.10. The summed E-state index contributed by atoms with van der Waals surface area (Å²) < 4.78 is 0. The van der Waals surface area contributed by atoms with Crippen LogP contribution in [0.1, 0.15) is 57.1 Å². The Morgan fingerprint density at radius 3 is 2.30 bits per heavy atom. The lowest BCUT2D eigenvalue weighted by molar-refractivity contribution is 0.328. The van der Waals surface area contributed by atoms with E-state index < -0.39 is 0 Å². The Hall–Kier alpha value is -1.24. The van der Waals surface area contributed by atoms with Crippen LogP contribution in [0.15, 0.2) is 36.5 Å². The van der Waals surface area contributed by atoms with Crippen molar-refractivity contribution in [1.82, 2.24) is 0 Å². The Balaban J connectivity index is 2.70. The van der Waals surface area contributed by atoms with Crippen molar-refractivity contribution in [3.8, 4) is 0 Å². The van der Waals surface area contributed by atoms with Gasteiger partial charge in [0.25, 0.3) is 0 Å². The molecule has 0 heterocycles. The van der Waals surface area contributed by atoms with Gasteiger partial charge >= 0.3 is 0 Å². The summed E-state index contributed by atoms with van der Waals surface area (Å²) in [5.41, 5.74) is 9.64. The van der Waals surface area contributed by atoms with Crippen LogP contribution in [-0.4, -0.2) is 0 Å². The molecule has 2 atom stereocenters. The van der Waals surface area contributed by atoms with Crippen molar-refractivity contribution in [3.05, 3.63) is 47.7 Å². The number of benzene rings is 1. The monoisotopic (exact) mass is 273 g/mol. The number of hydrogen-bond donors (Lipinski definition) is 1. The van der Waals surface area contributed by atoms with Gasteiger partial charge in [0.2, 0.25) is 0 Å². The SMILES string of the molecule is C=C(N)C(Cc1ccc(C)cc1)C(CC)CCCCC. The molecule has 0 amide bonds. The first-order valence-corrected chi connectivity index (χ1v) is 8.08. The van der Waals surface area contributed by atoms with Crippen LogP contribution in [-0.2, 0) is 6.42 Å². The van der Waals surface area contributed by atoms with Crippen molar-refractivity contribution in [1.29, 1.82) is 0 Å². The average molecular weight is 273 g/mol. The molecule has 0 radical (unpaired) electrons. The molecule has 0 fully saturated rings. The van der Waals surface area contributed by atoms with Gasteiger partial charge in [0.05, 0.1) is 0 Å². The summed E-state index contributed by atoms with van der Waals surface area (Å²) in [5.74, 6) is 1.08. The van der Waals surface area contributed by atoms with Crippen LogP contribution in [0.25, 0.3) is 0 Å². The van der Waals surface area contributed by atoms with Gasteiger partial charge in [-0.05, 0) is 31.2 Å². The quantitative estimate of drug-likeness (QED) is 0.612. The molecule has 0 aromatic heterocycles. The molecule has 0 aliphatic heterocycles. The Labute approximate surface area is 125 Å². The Kier molecular flexibility index (Phi) is 7.43. The van der Waals surface area contributed by atoms with Gasteiger partial charge in [0.15, 0.2) is 0 Å². The lowest BCUT2D eigenvalue weighted by Gasteiger charge is -2.26. The highest BCUT2D eigenvalue weighted by Gasteiger charge is 2.21. The molecule has 0 aliphatic rings. The lowest BCUT2D eigenvalue weighted by atomic mass is 9.80. The van der Waals surface area contributed by atoms with Gasteiger partial charge in [0, 0.05) is 11.6 Å². The molecule has 0 saturated heterocycles. The van der Waals surface area contributed by atoms with Gasteiger partial charge in [-0.25, -0.2) is 0 Å². The standard InChI is InChI=1S/C19H31N/c1-5-7-8-9-18(6-2)19(16(4)20)14-17-12-10-15(3)11-13-17/h10-13,18-19H,4-9,14,20H2,1-3H3. The smallest absolute Gasteiger partial charge is 0.00469 e. The summed E-state index contributed by atoms with van der Waals surface area (Å²) in [6.45, 7) is 10.7. The van der Waals surface area contributed by atoms with E-state index in [2.05, 4.69) is 51.6 Å². The maximum Gasteiger partial charge on any atom is 0.00469 e. The zero-order valence-electron chi connectivity index (χ0n) is 13.5. The molecular weight excluding hydrogens is 242 g/mol. The van der Waals surface area contributed by atoms with Gasteiger partial charge in [0.1, 0.15) is 0 Å². The zero-order valence-corrected chi connectivity index (χ0v) is 13.5. The minimum atomic E-state index is 0.416. The van der Waals surface area contributed by atoms with Crippen LogP contribution in [0, 0.1) is 18.8 Å². The minimum Gasteiger partial charge on any atom is -0.402 e. The van der Waals surface area contributed by atoms with E-state index in [0.717, 1.165) is 12.1 Å². The van der Waals surface area contributed by atoms with E-state index in [-0.39, 0.29) is 0 Å². The highest BCUT2D eigenvalue weighted by molar-refractivity contribution is 5.23. The molecule has 20 heavy (non-hydrogen) atoms. The largest absolute Gasteiger partial charge is 0.402 e. The first-order chi connectivity index (χ1) is 9.58. The molecule has 2 N–H and O–H groups in total. The molecule has 0 saturated carbocycles.